The van der Waals surface area contributed by atoms with Gasteiger partial charge in [0.1, 0.15) is 11.6 Å². The van der Waals surface area contributed by atoms with Gasteiger partial charge in [-0.3, -0.25) is 9.59 Å². The van der Waals surface area contributed by atoms with E-state index in [0.29, 0.717) is 65.1 Å². The van der Waals surface area contributed by atoms with Crippen LogP contribution in [-0.4, -0.2) is 107 Å². The minimum Gasteiger partial charge on any atom is -0.480 e. The van der Waals surface area contributed by atoms with Crippen molar-refractivity contribution in [2.24, 2.45) is 5.92 Å². The van der Waals surface area contributed by atoms with E-state index in [1.807, 2.05) is 86.3 Å². The number of carbonyl (C=O) groups excluding carboxylic acids is 4. The van der Waals surface area contributed by atoms with E-state index < -0.39 is 35.2 Å². The minimum atomic E-state index is -1.35. The minimum absolute atomic E-state index is 0.0749. The SMILES string of the molecule is CCCN1CN(c2ccccc2)C2(CCN(C(=O)NCC(NC(=O)N3CCC(NC(=O)C(C)C)(c4ccccc4)CC3)C(=O)O)CC2)C1=O. The van der Waals surface area contributed by atoms with Crippen LogP contribution in [0.15, 0.2) is 60.7 Å². The van der Waals surface area contributed by atoms with Crippen LogP contribution in [0, 0.1) is 5.92 Å². The molecule has 3 aliphatic rings. The van der Waals surface area contributed by atoms with Crippen LogP contribution in [0.5, 0.6) is 0 Å². The molecule has 3 fully saturated rings. The third kappa shape index (κ3) is 7.60. The van der Waals surface area contributed by atoms with Gasteiger partial charge in [-0.15, -0.1) is 0 Å². The van der Waals surface area contributed by atoms with E-state index in [-0.39, 0.29) is 24.3 Å². The molecule has 264 valence electrons. The number of rotatable bonds is 10. The van der Waals surface area contributed by atoms with Crippen molar-refractivity contribution in [1.29, 1.82) is 0 Å². The second kappa shape index (κ2) is 15.2. The number of hydrogen-bond donors (Lipinski definition) is 4. The van der Waals surface area contributed by atoms with Crippen molar-refractivity contribution in [3.05, 3.63) is 66.2 Å². The zero-order chi connectivity index (χ0) is 35.2. The fraction of sp³-hybridized carbons (Fsp3) is 0.528. The second-order valence-corrected chi connectivity index (χ2v) is 13.6. The first-order valence-corrected chi connectivity index (χ1v) is 17.3. The largest absolute Gasteiger partial charge is 0.480 e. The van der Waals surface area contributed by atoms with Crippen molar-refractivity contribution in [3.8, 4) is 0 Å². The average Bonchev–Trinajstić information content (AvgIpc) is 3.37. The van der Waals surface area contributed by atoms with Crippen LogP contribution < -0.4 is 20.9 Å². The summed E-state index contributed by atoms with van der Waals surface area (Å²) in [6.07, 6.45) is 2.68. The van der Waals surface area contributed by atoms with Crippen molar-refractivity contribution in [3.63, 3.8) is 0 Å². The molecule has 0 aliphatic carbocycles. The molecule has 6 amide bonds. The number of nitrogens with one attached hydrogen (secondary N) is 3. The highest BCUT2D eigenvalue weighted by molar-refractivity contribution is 5.94. The van der Waals surface area contributed by atoms with Crippen LogP contribution in [-0.2, 0) is 19.9 Å². The molecule has 4 N–H and O–H groups in total. The summed E-state index contributed by atoms with van der Waals surface area (Å²) < 4.78 is 0. The molecule has 5 rings (SSSR count). The maximum atomic E-state index is 13.7. The Kier molecular flexibility index (Phi) is 11.0. The third-order valence-corrected chi connectivity index (χ3v) is 10.1. The van der Waals surface area contributed by atoms with Gasteiger partial charge in [-0.1, -0.05) is 69.3 Å². The van der Waals surface area contributed by atoms with Crippen LogP contribution in [0.1, 0.15) is 58.4 Å². The molecular formula is C36H49N7O6. The first kappa shape index (κ1) is 35.5. The molecule has 2 aromatic carbocycles. The number of para-hydroxylation sites is 1. The number of carbonyl (C=O) groups is 5. The van der Waals surface area contributed by atoms with Crippen LogP contribution >= 0.6 is 0 Å². The molecule has 13 nitrogen and oxygen atoms in total. The molecular weight excluding hydrogens is 626 g/mol. The molecule has 1 unspecified atom stereocenters. The van der Waals surface area contributed by atoms with E-state index in [1.54, 1.807) is 9.80 Å². The lowest BCUT2D eigenvalue weighted by molar-refractivity contribution is -0.139. The smallest absolute Gasteiger partial charge is 0.328 e. The maximum Gasteiger partial charge on any atom is 0.328 e. The number of urea groups is 2. The van der Waals surface area contributed by atoms with Crippen molar-refractivity contribution in [2.45, 2.75) is 70.0 Å². The van der Waals surface area contributed by atoms with Gasteiger partial charge in [0.25, 0.3) is 0 Å². The van der Waals surface area contributed by atoms with Gasteiger partial charge in [-0.2, -0.15) is 0 Å². The lowest BCUT2D eigenvalue weighted by Crippen LogP contribution is -2.60. The molecule has 3 heterocycles. The highest BCUT2D eigenvalue weighted by Crippen LogP contribution is 2.39. The summed E-state index contributed by atoms with van der Waals surface area (Å²) in [7, 11) is 0. The Balaban J connectivity index is 1.16. The van der Waals surface area contributed by atoms with Crippen molar-refractivity contribution in [1.82, 2.24) is 30.7 Å². The van der Waals surface area contributed by atoms with E-state index in [0.717, 1.165) is 17.7 Å². The lowest BCUT2D eigenvalue weighted by Gasteiger charge is -2.43. The van der Waals surface area contributed by atoms with E-state index in [9.17, 15) is 29.1 Å². The van der Waals surface area contributed by atoms with Crippen molar-refractivity contribution < 1.29 is 29.1 Å². The van der Waals surface area contributed by atoms with Crippen LogP contribution in [0.3, 0.4) is 0 Å². The predicted octanol–water partition coefficient (Wildman–Crippen LogP) is 3.17. The molecule has 0 bridgehead atoms. The monoisotopic (exact) mass is 675 g/mol. The Morgan fingerprint density at radius 3 is 1.98 bits per heavy atom. The highest BCUT2D eigenvalue weighted by atomic mass is 16.4. The lowest BCUT2D eigenvalue weighted by atomic mass is 9.80. The standard InChI is InChI=1S/C36H49N7O6/c1-4-19-42-25-43(28-13-9-6-10-14-28)36(32(42)47)17-22-40(23-18-36)33(48)37-24-29(31(45)46)38-34(49)41-20-15-35(16-21-41,39-30(44)26(2)3)27-11-7-5-8-12-27/h5-14,26,29H,4,15-25H2,1-3H3,(H,37,48)(H,38,49)(H,39,44)(H,45,46). The molecule has 2 aromatic rings. The Morgan fingerprint density at radius 1 is 0.837 bits per heavy atom. The Morgan fingerprint density at radius 2 is 1.41 bits per heavy atom. The van der Waals surface area contributed by atoms with Gasteiger partial charge in [0.05, 0.1) is 18.8 Å². The van der Waals surface area contributed by atoms with E-state index in [4.69, 9.17) is 0 Å². The number of amides is 6. The van der Waals surface area contributed by atoms with Crippen LogP contribution in [0.25, 0.3) is 0 Å². The first-order chi connectivity index (χ1) is 23.5. The Labute approximate surface area is 288 Å². The summed E-state index contributed by atoms with van der Waals surface area (Å²) in [5.74, 6) is -1.47. The number of anilines is 1. The zero-order valence-corrected chi connectivity index (χ0v) is 28.7. The average molecular weight is 676 g/mol. The van der Waals surface area contributed by atoms with Gasteiger partial charge in [0.2, 0.25) is 11.8 Å². The van der Waals surface area contributed by atoms with Crippen molar-refractivity contribution >= 4 is 35.5 Å². The summed E-state index contributed by atoms with van der Waals surface area (Å²) >= 11 is 0. The summed E-state index contributed by atoms with van der Waals surface area (Å²) in [5, 5.41) is 18.4. The predicted molar refractivity (Wildman–Crippen MR) is 185 cm³/mol. The Hall–Kier alpha value is -4.81. The number of benzene rings is 2. The number of carboxylic acid groups (broad SMARTS) is 1. The summed E-state index contributed by atoms with van der Waals surface area (Å²) in [6.45, 7) is 7.85. The number of aliphatic carboxylic acids is 1. The molecule has 49 heavy (non-hydrogen) atoms. The van der Waals surface area contributed by atoms with Gasteiger partial charge in [-0.25, -0.2) is 14.4 Å². The summed E-state index contributed by atoms with van der Waals surface area (Å²) in [5.41, 5.74) is 0.547. The van der Waals surface area contributed by atoms with E-state index in [2.05, 4.69) is 20.9 Å². The molecule has 1 atom stereocenters. The number of carboxylic acids is 1. The van der Waals surface area contributed by atoms with Gasteiger partial charge in [-0.05, 0) is 49.8 Å². The fourth-order valence-electron chi connectivity index (χ4n) is 7.18. The van der Waals surface area contributed by atoms with Gasteiger partial charge in [0, 0.05) is 44.3 Å². The molecule has 3 saturated heterocycles. The molecule has 13 heteroatoms. The second-order valence-electron chi connectivity index (χ2n) is 13.6. The molecule has 3 aliphatic heterocycles. The molecule has 1 spiro atoms. The number of hydrogen-bond acceptors (Lipinski definition) is 6. The normalized spacial score (nSPS) is 19.1. The topological polar surface area (TPSA) is 155 Å². The van der Waals surface area contributed by atoms with Crippen molar-refractivity contribution in [2.75, 3.05) is 50.8 Å². The number of nitrogens with zero attached hydrogens (tertiary/aromatic N) is 4. The van der Waals surface area contributed by atoms with E-state index >= 15 is 0 Å². The third-order valence-electron chi connectivity index (χ3n) is 10.1. The summed E-state index contributed by atoms with van der Waals surface area (Å²) in [4.78, 5) is 72.2. The first-order valence-electron chi connectivity index (χ1n) is 17.3. The fourth-order valence-corrected chi connectivity index (χ4v) is 7.18. The molecule has 0 aromatic heterocycles. The van der Waals surface area contributed by atoms with E-state index in [1.165, 1.54) is 0 Å². The molecule has 0 saturated carbocycles. The number of likely N-dealkylation sites (tertiary alicyclic amines) is 2. The quantitative estimate of drug-likeness (QED) is 0.302. The maximum absolute atomic E-state index is 13.7. The van der Waals surface area contributed by atoms with Gasteiger partial charge >= 0.3 is 18.0 Å². The highest BCUT2D eigenvalue weighted by Gasteiger charge is 2.54. The van der Waals surface area contributed by atoms with Gasteiger partial charge < -0.3 is 40.7 Å². The molecule has 0 radical (unpaired) electrons. The number of piperidine rings is 2. The van der Waals surface area contributed by atoms with Crippen LogP contribution in [0.2, 0.25) is 0 Å². The summed E-state index contributed by atoms with van der Waals surface area (Å²) in [6, 6.07) is 17.2. The zero-order valence-electron chi connectivity index (χ0n) is 28.7. The Bertz CT molecular complexity index is 1490. The van der Waals surface area contributed by atoms with Gasteiger partial charge in [0.15, 0.2) is 0 Å². The van der Waals surface area contributed by atoms with Crippen LogP contribution in [0.4, 0.5) is 15.3 Å².